The Morgan fingerprint density at radius 1 is 1.17 bits per heavy atom. The van der Waals surface area contributed by atoms with Gasteiger partial charge in [-0.3, -0.25) is 0 Å². The summed E-state index contributed by atoms with van der Waals surface area (Å²) in [6.07, 6.45) is 6.94. The topological polar surface area (TPSA) is 36.3 Å². The molecule has 3 aromatic rings. The number of imidazole rings is 1. The van der Waals surface area contributed by atoms with Crippen LogP contribution in [0.5, 0.6) is 0 Å². The van der Waals surface area contributed by atoms with Crippen LogP contribution in [-0.4, -0.2) is 33.8 Å². The van der Waals surface area contributed by atoms with Gasteiger partial charge in [-0.2, -0.15) is 0 Å². The van der Waals surface area contributed by atoms with Crippen LogP contribution in [0.3, 0.4) is 0 Å². The van der Waals surface area contributed by atoms with Crippen LogP contribution < -0.4 is 0 Å². The van der Waals surface area contributed by atoms with Crippen molar-refractivity contribution in [2.24, 2.45) is 0 Å². The zero-order chi connectivity index (χ0) is 21.0. The highest BCUT2D eigenvalue weighted by Crippen LogP contribution is 2.34. The molecule has 2 unspecified atom stereocenters. The van der Waals surface area contributed by atoms with Gasteiger partial charge in [0.05, 0.1) is 25.6 Å². The van der Waals surface area contributed by atoms with Gasteiger partial charge in [-0.25, -0.2) is 9.37 Å². The fourth-order valence-electron chi connectivity index (χ4n) is 3.84. The average molecular weight is 427 g/mol. The molecular formula is C24H27FN2O2S. The molecule has 0 radical (unpaired) electrons. The second-order valence-electron chi connectivity index (χ2n) is 7.85. The van der Waals surface area contributed by atoms with Crippen LogP contribution in [0.15, 0.2) is 66.1 Å². The van der Waals surface area contributed by atoms with E-state index in [1.54, 1.807) is 12.5 Å². The zero-order valence-electron chi connectivity index (χ0n) is 17.4. The lowest BCUT2D eigenvalue weighted by Crippen LogP contribution is -2.37. The summed E-state index contributed by atoms with van der Waals surface area (Å²) in [4.78, 5) is 5.46. The van der Waals surface area contributed by atoms with Gasteiger partial charge in [0.25, 0.3) is 0 Å². The number of halogens is 1. The largest absolute Gasteiger partial charge is 0.345 e. The molecule has 0 spiro atoms. The zero-order valence-corrected chi connectivity index (χ0v) is 18.2. The van der Waals surface area contributed by atoms with E-state index in [2.05, 4.69) is 37.0 Å². The van der Waals surface area contributed by atoms with Crippen molar-refractivity contribution < 1.29 is 13.9 Å². The molecule has 2 aromatic carbocycles. The molecule has 0 bridgehead atoms. The summed E-state index contributed by atoms with van der Waals surface area (Å²) >= 11 is 1.83. The minimum Gasteiger partial charge on any atom is -0.345 e. The van der Waals surface area contributed by atoms with Crippen molar-refractivity contribution in [2.75, 3.05) is 12.4 Å². The summed E-state index contributed by atoms with van der Waals surface area (Å²) in [5.74, 6) is -0.0847. The monoisotopic (exact) mass is 426 g/mol. The molecule has 0 saturated carbocycles. The van der Waals surface area contributed by atoms with E-state index in [9.17, 15) is 4.39 Å². The maximum absolute atomic E-state index is 13.2. The Labute approximate surface area is 181 Å². The van der Waals surface area contributed by atoms with Crippen molar-refractivity contribution in [1.29, 1.82) is 0 Å². The first-order valence-corrected chi connectivity index (χ1v) is 11.2. The van der Waals surface area contributed by atoms with Crippen molar-refractivity contribution >= 4 is 11.8 Å². The fraction of sp³-hybridized carbons (Fsp3) is 0.375. The molecule has 1 saturated heterocycles. The molecule has 0 N–H and O–H groups in total. The number of aryl methyl sites for hydroxylation is 3. The van der Waals surface area contributed by atoms with Gasteiger partial charge in [0, 0.05) is 29.5 Å². The van der Waals surface area contributed by atoms with E-state index in [4.69, 9.17) is 9.47 Å². The van der Waals surface area contributed by atoms with Crippen LogP contribution in [0, 0.1) is 19.7 Å². The number of nitrogens with zero attached hydrogens (tertiary/aromatic N) is 2. The Morgan fingerprint density at radius 3 is 2.63 bits per heavy atom. The summed E-state index contributed by atoms with van der Waals surface area (Å²) in [6.45, 7) is 5.44. The van der Waals surface area contributed by atoms with Gasteiger partial charge in [-0.05, 0) is 49.1 Å². The van der Waals surface area contributed by atoms with Crippen molar-refractivity contribution in [3.63, 3.8) is 0 Å². The second kappa shape index (κ2) is 9.33. The van der Waals surface area contributed by atoms with E-state index in [0.29, 0.717) is 19.6 Å². The molecule has 1 aromatic heterocycles. The molecule has 4 rings (SSSR count). The fourth-order valence-corrected chi connectivity index (χ4v) is 4.95. The molecular weight excluding hydrogens is 399 g/mol. The molecule has 2 atom stereocenters. The van der Waals surface area contributed by atoms with E-state index in [1.165, 1.54) is 28.2 Å². The predicted octanol–water partition coefficient (Wildman–Crippen LogP) is 5.18. The van der Waals surface area contributed by atoms with Gasteiger partial charge in [-0.1, -0.05) is 30.3 Å². The van der Waals surface area contributed by atoms with Gasteiger partial charge in [0.15, 0.2) is 5.79 Å². The van der Waals surface area contributed by atoms with Crippen LogP contribution in [0.1, 0.15) is 23.1 Å². The Morgan fingerprint density at radius 2 is 1.93 bits per heavy atom. The molecule has 158 valence electrons. The highest BCUT2D eigenvalue weighted by molar-refractivity contribution is 7.99. The van der Waals surface area contributed by atoms with Crippen LogP contribution in [0.25, 0.3) is 0 Å². The van der Waals surface area contributed by atoms with Gasteiger partial charge in [0.2, 0.25) is 0 Å². The third kappa shape index (κ3) is 5.12. The first-order chi connectivity index (χ1) is 14.5. The van der Waals surface area contributed by atoms with Gasteiger partial charge >= 0.3 is 0 Å². The van der Waals surface area contributed by atoms with Crippen molar-refractivity contribution in [1.82, 2.24) is 9.55 Å². The SMILES string of the molecule is Cc1cccc(C)c1SCC1COC(CCc2ccc(F)cc2)(Cn2ccnc2)O1. The van der Waals surface area contributed by atoms with Crippen molar-refractivity contribution in [3.8, 4) is 0 Å². The number of ether oxygens (including phenoxy) is 2. The third-order valence-corrected chi connectivity index (χ3v) is 6.90. The predicted molar refractivity (Wildman–Crippen MR) is 117 cm³/mol. The Hall–Kier alpha value is -2.15. The molecule has 1 fully saturated rings. The lowest BCUT2D eigenvalue weighted by Gasteiger charge is -2.28. The minimum absolute atomic E-state index is 0.0192. The molecule has 1 aliphatic heterocycles. The molecule has 0 aliphatic carbocycles. The van der Waals surface area contributed by atoms with Crippen LogP contribution >= 0.6 is 11.8 Å². The van der Waals surface area contributed by atoms with Crippen molar-refractivity contribution in [2.45, 2.75) is 50.0 Å². The number of hydrogen-bond donors (Lipinski definition) is 0. The quantitative estimate of drug-likeness (QED) is 0.465. The molecule has 4 nitrogen and oxygen atoms in total. The normalized spacial score (nSPS) is 21.2. The Kier molecular flexibility index (Phi) is 6.56. The summed E-state index contributed by atoms with van der Waals surface area (Å²) in [6, 6.07) is 13.0. The summed E-state index contributed by atoms with van der Waals surface area (Å²) in [7, 11) is 0. The molecule has 1 aliphatic rings. The molecule has 0 amide bonds. The van der Waals surface area contributed by atoms with Gasteiger partial charge in [-0.15, -0.1) is 11.8 Å². The Bertz CT molecular complexity index is 942. The summed E-state index contributed by atoms with van der Waals surface area (Å²) < 4.78 is 28.0. The van der Waals surface area contributed by atoms with E-state index in [-0.39, 0.29) is 11.9 Å². The molecule has 6 heteroatoms. The van der Waals surface area contributed by atoms with Crippen LogP contribution in [0.2, 0.25) is 0 Å². The minimum atomic E-state index is -0.707. The second-order valence-corrected chi connectivity index (χ2v) is 8.89. The molecule has 2 heterocycles. The number of thioether (sulfide) groups is 1. The first-order valence-electron chi connectivity index (χ1n) is 10.2. The van der Waals surface area contributed by atoms with E-state index < -0.39 is 5.79 Å². The van der Waals surface area contributed by atoms with E-state index >= 15 is 0 Å². The van der Waals surface area contributed by atoms with Crippen LogP contribution in [-0.2, 0) is 22.4 Å². The maximum atomic E-state index is 13.2. The number of rotatable bonds is 8. The summed E-state index contributed by atoms with van der Waals surface area (Å²) in [5.41, 5.74) is 3.65. The average Bonchev–Trinajstić information content (AvgIpc) is 3.38. The first kappa shape index (κ1) is 21.1. The summed E-state index contributed by atoms with van der Waals surface area (Å²) in [5, 5.41) is 0. The van der Waals surface area contributed by atoms with Crippen LogP contribution in [0.4, 0.5) is 4.39 Å². The highest BCUT2D eigenvalue weighted by atomic mass is 32.2. The lowest BCUT2D eigenvalue weighted by molar-refractivity contribution is -0.180. The van der Waals surface area contributed by atoms with Gasteiger partial charge in [0.1, 0.15) is 5.82 Å². The van der Waals surface area contributed by atoms with E-state index in [1.807, 2.05) is 34.7 Å². The number of aromatic nitrogens is 2. The number of hydrogen-bond acceptors (Lipinski definition) is 4. The maximum Gasteiger partial charge on any atom is 0.187 e. The third-order valence-electron chi connectivity index (χ3n) is 5.43. The van der Waals surface area contributed by atoms with Gasteiger partial charge < -0.3 is 14.0 Å². The lowest BCUT2D eigenvalue weighted by atomic mass is 10.0. The Balaban J connectivity index is 1.43. The highest BCUT2D eigenvalue weighted by Gasteiger charge is 2.41. The van der Waals surface area contributed by atoms with Crippen molar-refractivity contribution in [3.05, 3.63) is 83.7 Å². The smallest absolute Gasteiger partial charge is 0.187 e. The standard InChI is InChI=1S/C24H27FN2O2S/c1-18-4-3-5-19(2)23(18)30-15-22-14-28-24(29-22,16-27-13-12-26-17-27)11-10-20-6-8-21(25)9-7-20/h3-9,12-13,17,22H,10-11,14-16H2,1-2H3. The number of benzene rings is 2. The van der Waals surface area contributed by atoms with E-state index in [0.717, 1.165) is 17.7 Å². The molecule has 30 heavy (non-hydrogen) atoms.